The van der Waals surface area contributed by atoms with Crippen LogP contribution in [0.1, 0.15) is 42.5 Å². The molecule has 1 aromatic carbocycles. The molecule has 132 valence electrons. The molecule has 1 saturated carbocycles. The van der Waals surface area contributed by atoms with E-state index in [1.807, 2.05) is 0 Å². The Morgan fingerprint density at radius 3 is 2.72 bits per heavy atom. The van der Waals surface area contributed by atoms with Gasteiger partial charge in [0.05, 0.1) is 17.3 Å². The molecule has 1 aliphatic carbocycles. The van der Waals surface area contributed by atoms with E-state index >= 15 is 0 Å². The minimum absolute atomic E-state index is 0.00871. The minimum Gasteiger partial charge on any atom is -0.350 e. The fraction of sp³-hybridized carbons (Fsp3) is 0.500. The van der Waals surface area contributed by atoms with Gasteiger partial charge >= 0.3 is 0 Å². The van der Waals surface area contributed by atoms with E-state index in [2.05, 4.69) is 10.6 Å². The van der Waals surface area contributed by atoms with Crippen LogP contribution >= 0.6 is 11.6 Å². The molecule has 25 heavy (non-hydrogen) atoms. The first-order valence-electron chi connectivity index (χ1n) is 8.76. The van der Waals surface area contributed by atoms with Crippen LogP contribution in [-0.2, 0) is 9.59 Å². The molecule has 2 aliphatic heterocycles. The maximum Gasteiger partial charge on any atom is 0.256 e. The van der Waals surface area contributed by atoms with Gasteiger partial charge in [0.15, 0.2) is 0 Å². The smallest absolute Gasteiger partial charge is 0.256 e. The van der Waals surface area contributed by atoms with E-state index in [-0.39, 0.29) is 29.7 Å². The van der Waals surface area contributed by atoms with Crippen molar-refractivity contribution in [3.8, 4) is 0 Å². The SMILES string of the molecule is O=C(NC1CCN2C(=O)c3ccc(Cl)cc3NC(=O)C12)C1CCCC1. The van der Waals surface area contributed by atoms with Crippen molar-refractivity contribution in [1.82, 2.24) is 10.2 Å². The monoisotopic (exact) mass is 361 g/mol. The molecule has 3 aliphatic rings. The number of nitrogens with one attached hydrogen (secondary N) is 2. The summed E-state index contributed by atoms with van der Waals surface area (Å²) in [4.78, 5) is 39.6. The molecule has 3 amide bonds. The molecule has 2 atom stereocenters. The third-order valence-electron chi connectivity index (χ3n) is 5.45. The van der Waals surface area contributed by atoms with E-state index in [9.17, 15) is 14.4 Å². The second-order valence-corrected chi connectivity index (χ2v) is 7.44. The van der Waals surface area contributed by atoms with Gasteiger partial charge in [0.2, 0.25) is 11.8 Å². The van der Waals surface area contributed by atoms with Crippen LogP contribution in [0.4, 0.5) is 5.69 Å². The van der Waals surface area contributed by atoms with Gasteiger partial charge in [0.25, 0.3) is 5.91 Å². The van der Waals surface area contributed by atoms with Crippen LogP contribution in [0.25, 0.3) is 0 Å². The second-order valence-electron chi connectivity index (χ2n) is 7.01. The Kier molecular flexibility index (Phi) is 4.15. The molecule has 7 heteroatoms. The Morgan fingerprint density at radius 1 is 1.20 bits per heavy atom. The molecule has 0 radical (unpaired) electrons. The maximum atomic E-state index is 12.8. The van der Waals surface area contributed by atoms with Gasteiger partial charge < -0.3 is 15.5 Å². The number of rotatable bonds is 2. The summed E-state index contributed by atoms with van der Waals surface area (Å²) in [6.07, 6.45) is 4.55. The summed E-state index contributed by atoms with van der Waals surface area (Å²) in [5.41, 5.74) is 0.862. The third kappa shape index (κ3) is 2.88. The highest BCUT2D eigenvalue weighted by Crippen LogP contribution is 2.31. The van der Waals surface area contributed by atoms with Crippen molar-refractivity contribution in [2.75, 3.05) is 11.9 Å². The highest BCUT2D eigenvalue weighted by atomic mass is 35.5. The van der Waals surface area contributed by atoms with Gasteiger partial charge in [-0.05, 0) is 37.5 Å². The predicted octanol–water partition coefficient (Wildman–Crippen LogP) is 2.18. The Bertz CT molecular complexity index is 745. The predicted molar refractivity (Wildman–Crippen MR) is 93.4 cm³/mol. The van der Waals surface area contributed by atoms with E-state index in [1.165, 1.54) is 0 Å². The van der Waals surface area contributed by atoms with E-state index < -0.39 is 6.04 Å². The fourth-order valence-electron chi connectivity index (χ4n) is 4.15. The average Bonchev–Trinajstić information content (AvgIpc) is 3.22. The number of hydrogen-bond donors (Lipinski definition) is 2. The summed E-state index contributed by atoms with van der Waals surface area (Å²) in [6, 6.07) is 3.83. The molecule has 4 rings (SSSR count). The summed E-state index contributed by atoms with van der Waals surface area (Å²) < 4.78 is 0. The number of anilines is 1. The first-order chi connectivity index (χ1) is 12.0. The molecule has 0 spiro atoms. The number of benzene rings is 1. The second kappa shape index (κ2) is 6.33. The zero-order chi connectivity index (χ0) is 17.6. The van der Waals surface area contributed by atoms with E-state index in [4.69, 9.17) is 11.6 Å². The summed E-state index contributed by atoms with van der Waals surface area (Å²) >= 11 is 5.98. The number of carbonyl (C=O) groups is 3. The summed E-state index contributed by atoms with van der Waals surface area (Å²) in [5, 5.41) is 6.28. The number of amides is 3. The van der Waals surface area contributed by atoms with Gasteiger partial charge in [-0.1, -0.05) is 24.4 Å². The van der Waals surface area contributed by atoms with Crippen LogP contribution in [0.15, 0.2) is 18.2 Å². The van der Waals surface area contributed by atoms with Gasteiger partial charge in [-0.2, -0.15) is 0 Å². The number of carbonyl (C=O) groups excluding carboxylic acids is 3. The van der Waals surface area contributed by atoms with Crippen molar-refractivity contribution >= 4 is 35.0 Å². The third-order valence-corrected chi connectivity index (χ3v) is 5.69. The van der Waals surface area contributed by atoms with Crippen molar-refractivity contribution in [1.29, 1.82) is 0 Å². The van der Waals surface area contributed by atoms with Gasteiger partial charge in [-0.3, -0.25) is 14.4 Å². The largest absolute Gasteiger partial charge is 0.350 e. The summed E-state index contributed by atoms with van der Waals surface area (Å²) in [7, 11) is 0. The molecular weight excluding hydrogens is 342 g/mol. The molecule has 1 aromatic rings. The Morgan fingerprint density at radius 2 is 1.96 bits per heavy atom. The standard InChI is InChI=1S/C18H20ClN3O3/c19-11-5-6-12-14(9-11)21-17(24)15-13(7-8-22(15)18(12)25)20-16(23)10-3-1-2-4-10/h5-6,9-10,13,15H,1-4,7-8H2,(H,20,23)(H,21,24). The number of halogens is 1. The molecule has 0 aromatic heterocycles. The molecule has 0 bridgehead atoms. The molecular formula is C18H20ClN3O3. The normalized spacial score (nSPS) is 26.0. The van der Waals surface area contributed by atoms with Crippen molar-refractivity contribution in [2.24, 2.45) is 5.92 Å². The lowest BCUT2D eigenvalue weighted by Crippen LogP contribution is -2.52. The average molecular weight is 362 g/mol. The van der Waals surface area contributed by atoms with Crippen LogP contribution in [0.3, 0.4) is 0 Å². The van der Waals surface area contributed by atoms with Crippen LogP contribution < -0.4 is 10.6 Å². The van der Waals surface area contributed by atoms with Crippen molar-refractivity contribution < 1.29 is 14.4 Å². The molecule has 6 nitrogen and oxygen atoms in total. The Hall–Kier alpha value is -2.08. The molecule has 1 saturated heterocycles. The van der Waals surface area contributed by atoms with Gasteiger partial charge in [0.1, 0.15) is 6.04 Å². The summed E-state index contributed by atoms with van der Waals surface area (Å²) in [6.45, 7) is 0.453. The Balaban J connectivity index is 1.57. The number of hydrogen-bond acceptors (Lipinski definition) is 3. The van der Waals surface area contributed by atoms with Crippen LogP contribution in [0.2, 0.25) is 5.02 Å². The van der Waals surface area contributed by atoms with Crippen molar-refractivity contribution in [3.05, 3.63) is 28.8 Å². The lowest BCUT2D eigenvalue weighted by atomic mass is 10.0. The maximum absolute atomic E-state index is 12.8. The van der Waals surface area contributed by atoms with Gasteiger partial charge in [-0.15, -0.1) is 0 Å². The topological polar surface area (TPSA) is 78.5 Å². The molecule has 2 N–H and O–H groups in total. The quantitative estimate of drug-likeness (QED) is 0.847. The van der Waals surface area contributed by atoms with Gasteiger partial charge in [0, 0.05) is 17.5 Å². The summed E-state index contributed by atoms with van der Waals surface area (Å²) in [5.74, 6) is -0.430. The highest BCUT2D eigenvalue weighted by Gasteiger charge is 2.45. The zero-order valence-electron chi connectivity index (χ0n) is 13.8. The molecule has 2 unspecified atom stereocenters. The lowest BCUT2D eigenvalue weighted by molar-refractivity contribution is -0.126. The fourth-order valence-corrected chi connectivity index (χ4v) is 4.32. The molecule has 2 fully saturated rings. The first kappa shape index (κ1) is 16.4. The van der Waals surface area contributed by atoms with Crippen LogP contribution in [0, 0.1) is 5.92 Å². The zero-order valence-corrected chi connectivity index (χ0v) is 14.5. The van der Waals surface area contributed by atoms with Gasteiger partial charge in [-0.25, -0.2) is 0 Å². The minimum atomic E-state index is -0.677. The van der Waals surface area contributed by atoms with E-state index in [1.54, 1.807) is 23.1 Å². The number of nitrogens with zero attached hydrogens (tertiary/aromatic N) is 1. The first-order valence-corrected chi connectivity index (χ1v) is 9.14. The highest BCUT2D eigenvalue weighted by molar-refractivity contribution is 6.31. The Labute approximate surface area is 150 Å². The van der Waals surface area contributed by atoms with E-state index in [0.29, 0.717) is 29.2 Å². The molecule has 2 heterocycles. The van der Waals surface area contributed by atoms with Crippen LogP contribution in [-0.4, -0.2) is 41.2 Å². The van der Waals surface area contributed by atoms with Crippen LogP contribution in [0.5, 0.6) is 0 Å². The van der Waals surface area contributed by atoms with E-state index in [0.717, 1.165) is 25.7 Å². The lowest BCUT2D eigenvalue weighted by Gasteiger charge is -2.25. The van der Waals surface area contributed by atoms with Crippen molar-refractivity contribution in [3.63, 3.8) is 0 Å². The van der Waals surface area contributed by atoms with Crippen molar-refractivity contribution in [2.45, 2.75) is 44.2 Å². The number of fused-ring (bicyclic) bond motifs is 2.